The number of rotatable bonds is 5. The van der Waals surface area contributed by atoms with Gasteiger partial charge in [-0.15, -0.1) is 0 Å². The molecule has 1 aromatic carbocycles. The van der Waals surface area contributed by atoms with E-state index in [0.29, 0.717) is 4.47 Å². The molecule has 12 heteroatoms. The summed E-state index contributed by atoms with van der Waals surface area (Å²) >= 11 is 3.10. The Morgan fingerprint density at radius 1 is 0.920 bits per heavy atom. The number of alkyl halides is 6. The molecule has 0 heterocycles. The van der Waals surface area contributed by atoms with Gasteiger partial charge in [-0.25, -0.2) is 4.79 Å². The summed E-state index contributed by atoms with van der Waals surface area (Å²) in [4.78, 5) is 22.5. The highest BCUT2D eigenvalue weighted by molar-refractivity contribution is 9.10. The Morgan fingerprint density at radius 3 is 1.80 bits per heavy atom. The van der Waals surface area contributed by atoms with Gasteiger partial charge in [-0.1, -0.05) is 15.9 Å². The monoisotopic (exact) mass is 437 g/mol. The normalized spacial score (nSPS) is 12.6. The van der Waals surface area contributed by atoms with Crippen LogP contribution in [0.5, 0.6) is 0 Å². The van der Waals surface area contributed by atoms with E-state index in [1.807, 2.05) is 0 Å². The number of hydrogen-bond donors (Lipinski definition) is 0. The lowest BCUT2D eigenvalue weighted by Gasteiger charge is -2.40. The molecule has 0 atom stereocenters. The summed E-state index contributed by atoms with van der Waals surface area (Å²) in [5.74, 6) is -4.03. The largest absolute Gasteiger partial charge is 0.828 e. The van der Waals surface area contributed by atoms with Gasteiger partial charge in [0.1, 0.15) is 13.2 Å². The molecule has 0 aliphatic rings. The molecule has 1 rings (SSSR count). The van der Waals surface area contributed by atoms with E-state index >= 15 is 0 Å². The van der Waals surface area contributed by atoms with Crippen molar-refractivity contribution in [2.24, 2.45) is 0 Å². The van der Waals surface area contributed by atoms with Crippen molar-refractivity contribution in [2.45, 2.75) is 18.0 Å². The summed E-state index contributed by atoms with van der Waals surface area (Å²) in [7, 11) is 0. The number of hydrogen-bond acceptors (Lipinski definition) is 5. The molecule has 0 aromatic heterocycles. The molecule has 140 valence electrons. The number of halogens is 7. The molecule has 0 aliphatic heterocycles. The van der Waals surface area contributed by atoms with Gasteiger partial charge in [-0.3, -0.25) is 4.79 Å². The topological polar surface area (TPSA) is 75.7 Å². The zero-order valence-corrected chi connectivity index (χ0v) is 13.5. The molecule has 0 N–H and O–H groups in total. The van der Waals surface area contributed by atoms with Crippen LogP contribution in [0.15, 0.2) is 28.7 Å². The van der Waals surface area contributed by atoms with Crippen molar-refractivity contribution < 1.29 is 50.5 Å². The molecule has 0 aliphatic carbocycles. The third-order valence-corrected chi connectivity index (χ3v) is 3.24. The van der Waals surface area contributed by atoms with Crippen LogP contribution in [0.2, 0.25) is 0 Å². The highest BCUT2D eigenvalue weighted by atomic mass is 79.9. The van der Waals surface area contributed by atoms with Crippen molar-refractivity contribution in [3.63, 3.8) is 0 Å². The van der Waals surface area contributed by atoms with Crippen LogP contribution < -0.4 is 5.11 Å². The van der Waals surface area contributed by atoms with Crippen molar-refractivity contribution >= 4 is 27.9 Å². The quantitative estimate of drug-likeness (QED) is 0.401. The van der Waals surface area contributed by atoms with Crippen molar-refractivity contribution in [3.05, 3.63) is 34.3 Å². The van der Waals surface area contributed by atoms with Crippen molar-refractivity contribution in [1.29, 1.82) is 0 Å². The zero-order chi connectivity index (χ0) is 19.5. The lowest BCUT2D eigenvalue weighted by atomic mass is 10.0. The van der Waals surface area contributed by atoms with E-state index in [0.717, 1.165) is 0 Å². The third kappa shape index (κ3) is 4.84. The first kappa shape index (κ1) is 21.2. The Labute approximate surface area is 144 Å². The zero-order valence-electron chi connectivity index (χ0n) is 11.9. The smallest absolute Gasteiger partial charge is 0.399 e. The van der Waals surface area contributed by atoms with Crippen LogP contribution in [0.3, 0.4) is 0 Å². The predicted octanol–water partition coefficient (Wildman–Crippen LogP) is 2.37. The van der Waals surface area contributed by atoms with E-state index in [9.17, 15) is 41.0 Å². The minimum absolute atomic E-state index is 0.0401. The molecule has 0 bridgehead atoms. The van der Waals surface area contributed by atoms with E-state index in [4.69, 9.17) is 0 Å². The summed E-state index contributed by atoms with van der Waals surface area (Å²) in [6.07, 6.45) is -12.9. The van der Waals surface area contributed by atoms with Crippen LogP contribution in [-0.2, 0) is 14.3 Å². The molecule has 0 saturated carbocycles. The first-order chi connectivity index (χ1) is 11.3. The van der Waals surface area contributed by atoms with E-state index in [1.54, 1.807) is 0 Å². The van der Waals surface area contributed by atoms with E-state index in [1.165, 1.54) is 24.3 Å². The standard InChI is InChI=1S/C13H8BrF6O5/c14-8-3-1-7(2-4-8)9(21)24-5-6-25-10(22)11(23,12(15,16)17)13(18,19)20/h1-4H,5-6H2/q-1. The van der Waals surface area contributed by atoms with Crippen LogP contribution >= 0.6 is 15.9 Å². The Balaban J connectivity index is 2.61. The molecular formula is C13H8BrF6O5-. The molecule has 0 unspecified atom stereocenters. The van der Waals surface area contributed by atoms with Crippen LogP contribution in [0.4, 0.5) is 26.3 Å². The molecular weight excluding hydrogens is 430 g/mol. The van der Waals surface area contributed by atoms with Crippen molar-refractivity contribution in [1.82, 2.24) is 0 Å². The van der Waals surface area contributed by atoms with E-state index < -0.39 is 43.1 Å². The molecule has 0 saturated heterocycles. The minimum Gasteiger partial charge on any atom is -0.828 e. The van der Waals surface area contributed by atoms with Crippen molar-refractivity contribution in [3.8, 4) is 0 Å². The lowest BCUT2D eigenvalue weighted by Crippen LogP contribution is -2.71. The highest BCUT2D eigenvalue weighted by Gasteiger charge is 2.68. The van der Waals surface area contributed by atoms with E-state index in [-0.39, 0.29) is 5.56 Å². The van der Waals surface area contributed by atoms with E-state index in [2.05, 4.69) is 25.4 Å². The molecule has 0 fully saturated rings. The van der Waals surface area contributed by atoms with Gasteiger partial charge in [0.05, 0.1) is 5.56 Å². The number of esters is 2. The minimum atomic E-state index is -6.45. The number of carbonyl (C=O) groups is 2. The lowest BCUT2D eigenvalue weighted by molar-refractivity contribution is -0.574. The predicted molar refractivity (Wildman–Crippen MR) is 70.2 cm³/mol. The summed E-state index contributed by atoms with van der Waals surface area (Å²) in [6, 6.07) is 5.62. The SMILES string of the molecule is O=C(OCCOC(=O)C([O-])(C(F)(F)F)C(F)(F)F)c1ccc(Br)cc1. The van der Waals surface area contributed by atoms with Gasteiger partial charge < -0.3 is 14.6 Å². The maximum Gasteiger partial charge on any atom is 0.399 e. The summed E-state index contributed by atoms with van der Waals surface area (Å²) in [6.45, 7) is -2.00. The van der Waals surface area contributed by atoms with Gasteiger partial charge in [0, 0.05) is 4.47 Å². The Bertz CT molecular complexity index is 611. The van der Waals surface area contributed by atoms with Gasteiger partial charge in [-0.2, -0.15) is 26.3 Å². The molecule has 5 nitrogen and oxygen atoms in total. The number of carbonyl (C=O) groups excluding carboxylic acids is 2. The van der Waals surface area contributed by atoms with Crippen LogP contribution in [0.25, 0.3) is 0 Å². The average molecular weight is 438 g/mol. The van der Waals surface area contributed by atoms with Crippen molar-refractivity contribution in [2.75, 3.05) is 13.2 Å². The van der Waals surface area contributed by atoms with Gasteiger partial charge >= 0.3 is 24.3 Å². The average Bonchev–Trinajstić information content (AvgIpc) is 2.48. The van der Waals surface area contributed by atoms with Gasteiger partial charge in [0.2, 0.25) is 0 Å². The Hall–Kier alpha value is -1.82. The molecule has 1 aromatic rings. The first-order valence-electron chi connectivity index (χ1n) is 6.24. The fourth-order valence-electron chi connectivity index (χ4n) is 1.43. The summed E-state index contributed by atoms with van der Waals surface area (Å²) in [5, 5.41) is 11.0. The second-order valence-electron chi connectivity index (χ2n) is 4.46. The summed E-state index contributed by atoms with van der Waals surface area (Å²) in [5.41, 5.74) is -5.88. The van der Waals surface area contributed by atoms with Gasteiger partial charge in [0.25, 0.3) is 0 Å². The first-order valence-corrected chi connectivity index (χ1v) is 7.04. The van der Waals surface area contributed by atoms with Crippen LogP contribution in [-0.4, -0.2) is 43.1 Å². The molecule has 0 spiro atoms. The number of ether oxygens (including phenoxy) is 2. The van der Waals surface area contributed by atoms with Crippen LogP contribution in [0.1, 0.15) is 10.4 Å². The summed E-state index contributed by atoms with van der Waals surface area (Å²) < 4.78 is 82.8. The maximum absolute atomic E-state index is 12.3. The fourth-order valence-corrected chi connectivity index (χ4v) is 1.70. The van der Waals surface area contributed by atoms with Gasteiger partial charge in [-0.05, 0) is 24.3 Å². The fraction of sp³-hybridized carbons (Fsp3) is 0.385. The second-order valence-corrected chi connectivity index (χ2v) is 5.37. The molecule has 0 radical (unpaired) electrons. The Morgan fingerprint density at radius 2 is 1.36 bits per heavy atom. The third-order valence-electron chi connectivity index (χ3n) is 2.72. The highest BCUT2D eigenvalue weighted by Crippen LogP contribution is 2.41. The molecule has 25 heavy (non-hydrogen) atoms. The maximum atomic E-state index is 12.3. The Kier molecular flexibility index (Phi) is 6.45. The second kappa shape index (κ2) is 7.60. The van der Waals surface area contributed by atoms with Crippen LogP contribution in [0, 0.1) is 0 Å². The van der Waals surface area contributed by atoms with Gasteiger partial charge in [0.15, 0.2) is 5.60 Å². The number of benzene rings is 1. The molecule has 0 amide bonds.